The Bertz CT molecular complexity index is 53.5. The highest BCUT2D eigenvalue weighted by atomic mass is 16.3. The normalized spacial score (nSPS) is 18.8. The third-order valence-corrected chi connectivity index (χ3v) is 1.22. The molecule has 0 amide bonds. The molecule has 2 heteroatoms. The number of hydrogen-bond donors (Lipinski definition) is 2. The molecule has 0 radical (unpaired) electrons. The third-order valence-electron chi connectivity index (χ3n) is 1.22. The van der Waals surface area contributed by atoms with Gasteiger partial charge in [0.05, 0.1) is 6.10 Å². The number of aliphatic hydroxyl groups is 1. The van der Waals surface area contributed by atoms with Gasteiger partial charge in [0, 0.05) is 6.04 Å². The predicted octanol–water partition coefficient (Wildman–Crippen LogP) is 0.350. The zero-order valence-electron chi connectivity index (χ0n) is 5.76. The van der Waals surface area contributed by atoms with E-state index < -0.39 is 0 Å². The Hall–Kier alpha value is -0.0800. The molecule has 0 aromatic carbocycles. The van der Waals surface area contributed by atoms with E-state index in [0.29, 0.717) is 0 Å². The van der Waals surface area contributed by atoms with E-state index in [2.05, 4.69) is 0 Å². The molecule has 0 bridgehead atoms. The van der Waals surface area contributed by atoms with Gasteiger partial charge in [-0.1, -0.05) is 13.8 Å². The topological polar surface area (TPSA) is 46.2 Å². The lowest BCUT2D eigenvalue weighted by molar-refractivity contribution is 0.104. The first kappa shape index (κ1) is 7.92. The maximum atomic E-state index is 9.08. The van der Waals surface area contributed by atoms with Gasteiger partial charge in [0.2, 0.25) is 0 Å². The van der Waals surface area contributed by atoms with Crippen molar-refractivity contribution >= 4 is 0 Å². The molecule has 0 saturated carbocycles. The van der Waals surface area contributed by atoms with Crippen molar-refractivity contribution in [1.82, 2.24) is 0 Å². The van der Waals surface area contributed by atoms with Gasteiger partial charge in [-0.25, -0.2) is 0 Å². The second-order valence-corrected chi connectivity index (χ2v) is 2.59. The van der Waals surface area contributed by atoms with Crippen LogP contribution in [0.2, 0.25) is 0 Å². The van der Waals surface area contributed by atoms with Crippen LogP contribution in [0, 0.1) is 5.92 Å². The van der Waals surface area contributed by atoms with Crippen molar-refractivity contribution in [1.29, 1.82) is 0 Å². The Labute approximate surface area is 50.7 Å². The van der Waals surface area contributed by atoms with Gasteiger partial charge in [0.1, 0.15) is 0 Å². The Morgan fingerprint density at radius 1 is 1.25 bits per heavy atom. The van der Waals surface area contributed by atoms with Crippen molar-refractivity contribution in [3.63, 3.8) is 0 Å². The fraction of sp³-hybridized carbons (Fsp3) is 1.00. The van der Waals surface area contributed by atoms with Gasteiger partial charge in [-0.3, -0.25) is 0 Å². The van der Waals surface area contributed by atoms with E-state index in [1.165, 1.54) is 0 Å². The molecule has 8 heavy (non-hydrogen) atoms. The predicted molar refractivity (Wildman–Crippen MR) is 34.5 cm³/mol. The van der Waals surface area contributed by atoms with Gasteiger partial charge in [0.15, 0.2) is 0 Å². The quantitative estimate of drug-likeness (QED) is 0.548. The second kappa shape index (κ2) is 3.05. The van der Waals surface area contributed by atoms with Crippen molar-refractivity contribution in [3.05, 3.63) is 0 Å². The molecule has 0 unspecified atom stereocenters. The van der Waals surface area contributed by atoms with Gasteiger partial charge >= 0.3 is 0 Å². The molecular formula is C6H15NO. The Balaban J connectivity index is 3.46. The van der Waals surface area contributed by atoms with E-state index >= 15 is 0 Å². The molecule has 0 spiro atoms. The summed E-state index contributed by atoms with van der Waals surface area (Å²) in [5, 5.41) is 9.08. The van der Waals surface area contributed by atoms with Crippen LogP contribution in [0.25, 0.3) is 0 Å². The van der Waals surface area contributed by atoms with Crippen LogP contribution in [-0.2, 0) is 0 Å². The largest absolute Gasteiger partial charge is 0.391 e. The Morgan fingerprint density at radius 2 is 1.62 bits per heavy atom. The van der Waals surface area contributed by atoms with Crippen LogP contribution in [0.5, 0.6) is 0 Å². The van der Waals surface area contributed by atoms with Gasteiger partial charge < -0.3 is 10.8 Å². The number of aliphatic hydroxyl groups excluding tert-OH is 1. The summed E-state index contributed by atoms with van der Waals surface area (Å²) in [7, 11) is 0. The van der Waals surface area contributed by atoms with Crippen LogP contribution in [-0.4, -0.2) is 17.3 Å². The summed E-state index contributed by atoms with van der Waals surface area (Å²) in [6.45, 7) is 5.72. The molecule has 0 aliphatic heterocycles. The first-order valence-electron chi connectivity index (χ1n) is 2.99. The molecular weight excluding hydrogens is 102 g/mol. The van der Waals surface area contributed by atoms with Crippen molar-refractivity contribution < 1.29 is 5.11 Å². The van der Waals surface area contributed by atoms with E-state index in [4.69, 9.17) is 10.8 Å². The molecule has 50 valence electrons. The molecule has 0 saturated heterocycles. The molecule has 0 fully saturated rings. The van der Waals surface area contributed by atoms with Crippen LogP contribution >= 0.6 is 0 Å². The number of rotatable bonds is 2. The molecule has 0 aliphatic rings. The van der Waals surface area contributed by atoms with Gasteiger partial charge in [-0.15, -0.1) is 0 Å². The minimum atomic E-state index is -0.352. The highest BCUT2D eigenvalue weighted by Crippen LogP contribution is 2.02. The van der Waals surface area contributed by atoms with E-state index in [1.807, 2.05) is 20.8 Å². The lowest BCUT2D eigenvalue weighted by atomic mass is 10.0. The zero-order chi connectivity index (χ0) is 6.73. The van der Waals surface area contributed by atoms with Gasteiger partial charge in [-0.2, -0.15) is 0 Å². The highest BCUT2D eigenvalue weighted by Gasteiger charge is 2.12. The summed E-state index contributed by atoms with van der Waals surface area (Å²) < 4.78 is 0. The van der Waals surface area contributed by atoms with E-state index in [1.54, 1.807) is 0 Å². The van der Waals surface area contributed by atoms with E-state index in [9.17, 15) is 0 Å². The fourth-order valence-electron chi connectivity index (χ4n) is 0.607. The molecule has 2 nitrogen and oxygen atoms in total. The van der Waals surface area contributed by atoms with Gasteiger partial charge in [0.25, 0.3) is 0 Å². The minimum absolute atomic E-state index is 0.102. The summed E-state index contributed by atoms with van der Waals surface area (Å²) in [6.07, 6.45) is -0.352. The Kier molecular flexibility index (Phi) is 3.02. The summed E-state index contributed by atoms with van der Waals surface area (Å²) in [6, 6.07) is -0.102. The smallest absolute Gasteiger partial charge is 0.0711 e. The van der Waals surface area contributed by atoms with E-state index in [0.717, 1.165) is 0 Å². The summed E-state index contributed by atoms with van der Waals surface area (Å²) in [5.74, 6) is 0.273. The maximum Gasteiger partial charge on any atom is 0.0711 e. The number of nitrogens with two attached hydrogens (primary N) is 1. The molecule has 0 aromatic rings. The van der Waals surface area contributed by atoms with Crippen LogP contribution in [0.3, 0.4) is 0 Å². The first-order valence-corrected chi connectivity index (χ1v) is 2.99. The van der Waals surface area contributed by atoms with Crippen LogP contribution < -0.4 is 5.73 Å². The maximum absolute atomic E-state index is 9.08. The van der Waals surface area contributed by atoms with E-state index in [-0.39, 0.29) is 18.1 Å². The average Bonchev–Trinajstić information content (AvgIpc) is 1.64. The third kappa shape index (κ3) is 2.28. The molecule has 0 heterocycles. The molecule has 0 aromatic heterocycles. The fourth-order valence-corrected chi connectivity index (χ4v) is 0.607. The summed E-state index contributed by atoms with van der Waals surface area (Å²) in [4.78, 5) is 0. The second-order valence-electron chi connectivity index (χ2n) is 2.59. The van der Waals surface area contributed by atoms with Gasteiger partial charge in [-0.05, 0) is 12.8 Å². The molecule has 0 aliphatic carbocycles. The first-order chi connectivity index (χ1) is 3.55. The van der Waals surface area contributed by atoms with Crippen molar-refractivity contribution in [3.8, 4) is 0 Å². The SMILES string of the molecule is CC(C)[C@H](O)[C@@H](C)N. The number of hydrogen-bond acceptors (Lipinski definition) is 2. The Morgan fingerprint density at radius 3 is 1.62 bits per heavy atom. The standard InChI is InChI=1S/C6H15NO/c1-4(2)6(8)5(3)7/h4-6,8H,7H2,1-3H3/t5-,6+/m1/s1. The zero-order valence-corrected chi connectivity index (χ0v) is 5.76. The lowest BCUT2D eigenvalue weighted by Gasteiger charge is -2.17. The monoisotopic (exact) mass is 117 g/mol. The lowest BCUT2D eigenvalue weighted by Crippen LogP contribution is -2.35. The van der Waals surface area contributed by atoms with Crippen molar-refractivity contribution in [2.75, 3.05) is 0 Å². The van der Waals surface area contributed by atoms with Crippen molar-refractivity contribution in [2.24, 2.45) is 11.7 Å². The summed E-state index contributed by atoms with van der Waals surface area (Å²) in [5.41, 5.74) is 5.39. The summed E-state index contributed by atoms with van der Waals surface area (Å²) >= 11 is 0. The minimum Gasteiger partial charge on any atom is -0.391 e. The molecule has 0 rings (SSSR count). The highest BCUT2D eigenvalue weighted by molar-refractivity contribution is 4.68. The molecule has 3 N–H and O–H groups in total. The van der Waals surface area contributed by atoms with Crippen molar-refractivity contribution in [2.45, 2.75) is 32.9 Å². The van der Waals surface area contributed by atoms with Crippen LogP contribution in [0.15, 0.2) is 0 Å². The van der Waals surface area contributed by atoms with Crippen LogP contribution in [0.4, 0.5) is 0 Å². The average molecular weight is 117 g/mol. The van der Waals surface area contributed by atoms with Crippen LogP contribution in [0.1, 0.15) is 20.8 Å². The molecule has 2 atom stereocenters.